The second kappa shape index (κ2) is 4.35. The molecule has 0 aliphatic heterocycles. The minimum Gasteiger partial charge on any atom is -0.481 e. The predicted molar refractivity (Wildman–Crippen MR) is 63.3 cm³/mol. The SMILES string of the molecule is O=C(O)CC1(c2ccccc2)C=CCC=C1. The summed E-state index contributed by atoms with van der Waals surface area (Å²) in [4.78, 5) is 11.0. The number of carboxylic acid groups (broad SMARTS) is 1. The Hall–Kier alpha value is -1.83. The summed E-state index contributed by atoms with van der Waals surface area (Å²) in [6, 6.07) is 9.77. The van der Waals surface area contributed by atoms with Gasteiger partial charge in [-0.15, -0.1) is 0 Å². The van der Waals surface area contributed by atoms with E-state index < -0.39 is 11.4 Å². The van der Waals surface area contributed by atoms with Gasteiger partial charge in [-0.05, 0) is 12.0 Å². The summed E-state index contributed by atoms with van der Waals surface area (Å²) < 4.78 is 0. The molecule has 82 valence electrons. The molecule has 0 saturated heterocycles. The van der Waals surface area contributed by atoms with Crippen molar-refractivity contribution < 1.29 is 9.90 Å². The highest BCUT2D eigenvalue weighted by molar-refractivity contribution is 5.71. The van der Waals surface area contributed by atoms with Crippen molar-refractivity contribution in [2.24, 2.45) is 0 Å². The van der Waals surface area contributed by atoms with Crippen LogP contribution in [0.3, 0.4) is 0 Å². The van der Waals surface area contributed by atoms with E-state index in [2.05, 4.69) is 0 Å². The Bertz CT molecular complexity index is 417. The van der Waals surface area contributed by atoms with E-state index in [1.165, 1.54) is 0 Å². The van der Waals surface area contributed by atoms with Crippen LogP contribution in [0.25, 0.3) is 0 Å². The van der Waals surface area contributed by atoms with Crippen molar-refractivity contribution in [3.63, 3.8) is 0 Å². The van der Waals surface area contributed by atoms with Crippen LogP contribution in [0.5, 0.6) is 0 Å². The summed E-state index contributed by atoms with van der Waals surface area (Å²) in [7, 11) is 0. The summed E-state index contributed by atoms with van der Waals surface area (Å²) in [6.45, 7) is 0. The standard InChI is InChI=1S/C14H14O2/c15-13(16)11-14(9-5-2-6-10-14)12-7-3-1-4-8-12/h1,3-10H,2,11H2,(H,15,16). The number of allylic oxidation sites excluding steroid dienone is 4. The fraction of sp³-hybridized carbons (Fsp3) is 0.214. The third-order valence-electron chi connectivity index (χ3n) is 2.86. The molecule has 0 saturated carbocycles. The van der Waals surface area contributed by atoms with Gasteiger partial charge >= 0.3 is 5.97 Å². The molecule has 16 heavy (non-hydrogen) atoms. The molecule has 0 bridgehead atoms. The third kappa shape index (κ3) is 2.06. The first-order valence-electron chi connectivity index (χ1n) is 5.36. The van der Waals surface area contributed by atoms with Crippen molar-refractivity contribution in [1.29, 1.82) is 0 Å². The van der Waals surface area contributed by atoms with Crippen LogP contribution in [0.15, 0.2) is 54.6 Å². The van der Waals surface area contributed by atoms with Crippen LogP contribution in [0.2, 0.25) is 0 Å². The molecular formula is C14H14O2. The zero-order chi connectivity index (χ0) is 11.4. The van der Waals surface area contributed by atoms with Crippen molar-refractivity contribution in [1.82, 2.24) is 0 Å². The highest BCUT2D eigenvalue weighted by Gasteiger charge is 2.30. The Morgan fingerprint density at radius 2 is 1.81 bits per heavy atom. The number of benzene rings is 1. The molecule has 2 rings (SSSR count). The fourth-order valence-corrected chi connectivity index (χ4v) is 2.10. The van der Waals surface area contributed by atoms with Crippen LogP contribution in [-0.4, -0.2) is 11.1 Å². The first-order valence-corrected chi connectivity index (χ1v) is 5.36. The molecule has 0 radical (unpaired) electrons. The topological polar surface area (TPSA) is 37.3 Å². The van der Waals surface area contributed by atoms with E-state index in [0.717, 1.165) is 12.0 Å². The average molecular weight is 214 g/mol. The molecule has 0 heterocycles. The first kappa shape index (κ1) is 10.7. The normalized spacial score (nSPS) is 17.2. The lowest BCUT2D eigenvalue weighted by Crippen LogP contribution is -2.25. The highest BCUT2D eigenvalue weighted by atomic mass is 16.4. The van der Waals surface area contributed by atoms with Gasteiger partial charge in [0.05, 0.1) is 6.42 Å². The molecule has 1 aliphatic rings. The molecule has 1 aliphatic carbocycles. The quantitative estimate of drug-likeness (QED) is 0.785. The van der Waals surface area contributed by atoms with Crippen molar-refractivity contribution in [2.75, 3.05) is 0 Å². The number of aliphatic carboxylic acids is 1. The average Bonchev–Trinajstić information content (AvgIpc) is 2.30. The Morgan fingerprint density at radius 3 is 2.38 bits per heavy atom. The molecule has 1 N–H and O–H groups in total. The molecule has 0 spiro atoms. The Morgan fingerprint density at radius 1 is 1.19 bits per heavy atom. The molecule has 2 nitrogen and oxygen atoms in total. The van der Waals surface area contributed by atoms with E-state index in [1.807, 2.05) is 54.6 Å². The molecule has 1 aromatic carbocycles. The van der Waals surface area contributed by atoms with Crippen molar-refractivity contribution >= 4 is 5.97 Å². The molecule has 0 unspecified atom stereocenters. The van der Waals surface area contributed by atoms with Gasteiger partial charge in [0, 0.05) is 5.41 Å². The summed E-state index contributed by atoms with van der Waals surface area (Å²) in [5.74, 6) is -0.778. The number of rotatable bonds is 3. The van der Waals surface area contributed by atoms with Crippen LogP contribution < -0.4 is 0 Å². The van der Waals surface area contributed by atoms with Crippen LogP contribution in [0.4, 0.5) is 0 Å². The lowest BCUT2D eigenvalue weighted by Gasteiger charge is -2.28. The zero-order valence-electron chi connectivity index (χ0n) is 8.97. The summed E-state index contributed by atoms with van der Waals surface area (Å²) >= 11 is 0. The van der Waals surface area contributed by atoms with Crippen LogP contribution in [-0.2, 0) is 10.2 Å². The minimum absolute atomic E-state index is 0.101. The fourth-order valence-electron chi connectivity index (χ4n) is 2.10. The number of carboxylic acids is 1. The maximum absolute atomic E-state index is 11.0. The van der Waals surface area contributed by atoms with Gasteiger partial charge in [0.1, 0.15) is 0 Å². The van der Waals surface area contributed by atoms with Crippen LogP contribution >= 0.6 is 0 Å². The third-order valence-corrected chi connectivity index (χ3v) is 2.86. The van der Waals surface area contributed by atoms with E-state index in [1.54, 1.807) is 0 Å². The van der Waals surface area contributed by atoms with Gasteiger partial charge in [0.15, 0.2) is 0 Å². The lowest BCUT2D eigenvalue weighted by atomic mass is 9.75. The van der Waals surface area contributed by atoms with E-state index in [4.69, 9.17) is 5.11 Å². The summed E-state index contributed by atoms with van der Waals surface area (Å²) in [5, 5.41) is 9.02. The Kier molecular flexibility index (Phi) is 2.91. The maximum atomic E-state index is 11.0. The van der Waals surface area contributed by atoms with Gasteiger partial charge in [0.25, 0.3) is 0 Å². The summed E-state index contributed by atoms with van der Waals surface area (Å²) in [5.41, 5.74) is 0.565. The van der Waals surface area contributed by atoms with Gasteiger partial charge in [-0.2, -0.15) is 0 Å². The molecule has 0 fully saturated rings. The predicted octanol–water partition coefficient (Wildman–Crippen LogP) is 2.92. The molecule has 0 amide bonds. The van der Waals surface area contributed by atoms with Crippen LogP contribution in [0.1, 0.15) is 18.4 Å². The van der Waals surface area contributed by atoms with E-state index >= 15 is 0 Å². The Labute approximate surface area is 94.9 Å². The highest BCUT2D eigenvalue weighted by Crippen LogP contribution is 2.33. The van der Waals surface area contributed by atoms with Crippen molar-refractivity contribution in [3.05, 3.63) is 60.2 Å². The monoisotopic (exact) mass is 214 g/mol. The van der Waals surface area contributed by atoms with Gasteiger partial charge in [-0.1, -0.05) is 54.6 Å². The van der Waals surface area contributed by atoms with Crippen LogP contribution in [0, 0.1) is 0 Å². The first-order chi connectivity index (χ1) is 7.73. The number of carbonyl (C=O) groups is 1. The van der Waals surface area contributed by atoms with Gasteiger partial charge in [-0.3, -0.25) is 4.79 Å². The largest absolute Gasteiger partial charge is 0.481 e. The van der Waals surface area contributed by atoms with Gasteiger partial charge in [-0.25, -0.2) is 0 Å². The van der Waals surface area contributed by atoms with Gasteiger partial charge < -0.3 is 5.11 Å². The lowest BCUT2D eigenvalue weighted by molar-refractivity contribution is -0.137. The number of hydrogen-bond donors (Lipinski definition) is 1. The Balaban J connectivity index is 2.42. The van der Waals surface area contributed by atoms with E-state index in [0.29, 0.717) is 0 Å². The minimum atomic E-state index is -0.778. The van der Waals surface area contributed by atoms with E-state index in [9.17, 15) is 4.79 Å². The molecule has 2 heteroatoms. The number of hydrogen-bond acceptors (Lipinski definition) is 1. The molecule has 0 aromatic heterocycles. The maximum Gasteiger partial charge on any atom is 0.304 e. The molecule has 1 aromatic rings. The van der Waals surface area contributed by atoms with Crippen molar-refractivity contribution in [3.8, 4) is 0 Å². The zero-order valence-corrected chi connectivity index (χ0v) is 8.97. The van der Waals surface area contributed by atoms with Crippen molar-refractivity contribution in [2.45, 2.75) is 18.3 Å². The molecular weight excluding hydrogens is 200 g/mol. The van der Waals surface area contributed by atoms with Gasteiger partial charge in [0.2, 0.25) is 0 Å². The van der Waals surface area contributed by atoms with E-state index in [-0.39, 0.29) is 6.42 Å². The smallest absolute Gasteiger partial charge is 0.304 e. The second-order valence-electron chi connectivity index (χ2n) is 4.02. The molecule has 0 atom stereocenters. The summed E-state index contributed by atoms with van der Waals surface area (Å²) in [6.07, 6.45) is 9.02. The second-order valence-corrected chi connectivity index (χ2v) is 4.02.